The molecule has 3 aromatic rings. The van der Waals surface area contributed by atoms with E-state index in [1.807, 2.05) is 16.9 Å². The van der Waals surface area contributed by atoms with E-state index in [0.29, 0.717) is 6.54 Å². The van der Waals surface area contributed by atoms with Crippen LogP contribution >= 0.6 is 24.0 Å². The third-order valence-corrected chi connectivity index (χ3v) is 5.85. The van der Waals surface area contributed by atoms with Crippen molar-refractivity contribution in [1.29, 1.82) is 0 Å². The van der Waals surface area contributed by atoms with Gasteiger partial charge in [-0.05, 0) is 42.7 Å². The Kier molecular flexibility index (Phi) is 10.8. The van der Waals surface area contributed by atoms with Crippen LogP contribution in [0.4, 0.5) is 0 Å². The zero-order valence-electron chi connectivity index (χ0n) is 19.8. The highest BCUT2D eigenvalue weighted by Crippen LogP contribution is 2.22. The summed E-state index contributed by atoms with van der Waals surface area (Å²) in [6.07, 6.45) is 4.67. The number of guanidine groups is 1. The summed E-state index contributed by atoms with van der Waals surface area (Å²) in [7, 11) is 0. The van der Waals surface area contributed by atoms with Gasteiger partial charge in [-0.15, -0.1) is 24.0 Å². The topological polar surface area (TPSA) is 66.7 Å². The van der Waals surface area contributed by atoms with Gasteiger partial charge in [-0.3, -0.25) is 9.89 Å². The fourth-order valence-corrected chi connectivity index (χ4v) is 4.08. The minimum Gasteiger partial charge on any atom is -0.379 e. The molecule has 0 radical (unpaired) electrons. The van der Waals surface area contributed by atoms with Crippen LogP contribution < -0.4 is 10.6 Å². The lowest BCUT2D eigenvalue weighted by atomic mass is 10.1. The molecule has 0 saturated carbocycles. The lowest BCUT2D eigenvalue weighted by Gasteiger charge is -2.34. The van der Waals surface area contributed by atoms with Crippen LogP contribution in [0.3, 0.4) is 0 Å². The molecule has 1 unspecified atom stereocenters. The van der Waals surface area contributed by atoms with Crippen LogP contribution in [0, 0.1) is 0 Å². The maximum absolute atomic E-state index is 5.57. The second-order valence-corrected chi connectivity index (χ2v) is 8.09. The first-order valence-electron chi connectivity index (χ1n) is 11.8. The van der Waals surface area contributed by atoms with Gasteiger partial charge in [0.05, 0.1) is 31.5 Å². The predicted molar refractivity (Wildman–Crippen MR) is 148 cm³/mol. The van der Waals surface area contributed by atoms with Gasteiger partial charge in [0.2, 0.25) is 0 Å². The number of hydrogen-bond donors (Lipinski definition) is 2. The van der Waals surface area contributed by atoms with Crippen LogP contribution in [0.25, 0.3) is 5.69 Å². The molecule has 0 amide bonds. The maximum atomic E-state index is 5.57. The quantitative estimate of drug-likeness (QED) is 0.232. The van der Waals surface area contributed by atoms with Crippen molar-refractivity contribution >= 4 is 29.9 Å². The summed E-state index contributed by atoms with van der Waals surface area (Å²) in [4.78, 5) is 7.42. The van der Waals surface area contributed by atoms with E-state index in [0.717, 1.165) is 57.5 Å². The van der Waals surface area contributed by atoms with Crippen LogP contribution in [0.5, 0.6) is 0 Å². The van der Waals surface area contributed by atoms with Crippen molar-refractivity contribution in [3.8, 4) is 5.69 Å². The molecule has 2 heterocycles. The summed E-state index contributed by atoms with van der Waals surface area (Å²) >= 11 is 0. The van der Waals surface area contributed by atoms with E-state index >= 15 is 0 Å². The second-order valence-electron chi connectivity index (χ2n) is 8.09. The largest absolute Gasteiger partial charge is 0.379 e. The molecule has 8 heteroatoms. The standard InChI is InChI=1S/C26H34N6O.HI/c1-2-27-26(28-15-13-22-9-11-24(12-10-22)32-16-6-14-30-32)29-21-25(23-7-4-3-5-8-23)31-17-19-33-20-18-31;/h3-12,14,16,25H,2,13,15,17-21H2,1H3,(H2,27,28,29);1H. The number of nitrogens with one attached hydrogen (secondary N) is 2. The Hall–Kier alpha value is -2.43. The van der Waals surface area contributed by atoms with Crippen LogP contribution in [0.1, 0.15) is 24.1 Å². The Bertz CT molecular complexity index is 972. The summed E-state index contributed by atoms with van der Waals surface area (Å²) < 4.78 is 7.44. The smallest absolute Gasteiger partial charge is 0.191 e. The molecule has 1 aromatic heterocycles. The number of morpholine rings is 1. The summed E-state index contributed by atoms with van der Waals surface area (Å²) in [6, 6.07) is 21.4. The summed E-state index contributed by atoms with van der Waals surface area (Å²) in [5.41, 5.74) is 3.66. The van der Waals surface area contributed by atoms with Crippen molar-refractivity contribution < 1.29 is 4.74 Å². The van der Waals surface area contributed by atoms with Crippen molar-refractivity contribution in [2.45, 2.75) is 19.4 Å². The highest BCUT2D eigenvalue weighted by atomic mass is 127. The van der Waals surface area contributed by atoms with Crippen molar-refractivity contribution in [1.82, 2.24) is 25.3 Å². The van der Waals surface area contributed by atoms with E-state index in [9.17, 15) is 0 Å². The van der Waals surface area contributed by atoms with Crippen LogP contribution in [-0.4, -0.2) is 66.6 Å². The molecule has 2 N–H and O–H groups in total. The number of aromatic nitrogens is 2. The third kappa shape index (κ3) is 7.54. The number of rotatable bonds is 9. The predicted octanol–water partition coefficient (Wildman–Crippen LogP) is 3.66. The Labute approximate surface area is 219 Å². The molecular weight excluding hydrogens is 539 g/mol. The number of nitrogens with zero attached hydrogens (tertiary/aromatic N) is 4. The Morgan fingerprint density at radius 3 is 2.47 bits per heavy atom. The first-order chi connectivity index (χ1) is 16.3. The molecule has 1 fully saturated rings. The molecule has 0 spiro atoms. The minimum atomic E-state index is 0. The highest BCUT2D eigenvalue weighted by molar-refractivity contribution is 14.0. The number of ether oxygens (including phenoxy) is 1. The van der Waals surface area contributed by atoms with Gasteiger partial charge in [0.1, 0.15) is 0 Å². The summed E-state index contributed by atoms with van der Waals surface area (Å²) in [6.45, 7) is 7.90. The molecule has 0 bridgehead atoms. The van der Waals surface area contributed by atoms with Crippen molar-refractivity contribution in [3.05, 3.63) is 84.2 Å². The average Bonchev–Trinajstić information content (AvgIpc) is 3.41. The monoisotopic (exact) mass is 574 g/mol. The minimum absolute atomic E-state index is 0. The van der Waals surface area contributed by atoms with E-state index in [2.05, 4.69) is 82.2 Å². The molecule has 0 aliphatic carbocycles. The third-order valence-electron chi connectivity index (χ3n) is 5.85. The number of benzene rings is 2. The molecule has 1 atom stereocenters. The van der Waals surface area contributed by atoms with Crippen molar-refractivity contribution in [2.24, 2.45) is 4.99 Å². The Morgan fingerprint density at radius 2 is 1.79 bits per heavy atom. The molecular formula is C26H35IN6O. The van der Waals surface area contributed by atoms with E-state index in [1.165, 1.54) is 11.1 Å². The van der Waals surface area contributed by atoms with Gasteiger partial charge in [0, 0.05) is 38.6 Å². The Balaban J connectivity index is 0.00000324. The fraction of sp³-hybridized carbons (Fsp3) is 0.385. The van der Waals surface area contributed by atoms with Crippen molar-refractivity contribution in [2.75, 3.05) is 45.9 Å². The van der Waals surface area contributed by atoms with E-state index in [1.54, 1.807) is 6.20 Å². The van der Waals surface area contributed by atoms with Crippen LogP contribution in [0.15, 0.2) is 78.0 Å². The van der Waals surface area contributed by atoms with Gasteiger partial charge in [-0.1, -0.05) is 42.5 Å². The average molecular weight is 575 g/mol. The fourth-order valence-electron chi connectivity index (χ4n) is 4.08. The molecule has 34 heavy (non-hydrogen) atoms. The normalized spacial score (nSPS) is 15.4. The summed E-state index contributed by atoms with van der Waals surface area (Å²) in [5, 5.41) is 11.2. The molecule has 1 saturated heterocycles. The lowest BCUT2D eigenvalue weighted by molar-refractivity contribution is 0.0180. The first-order valence-corrected chi connectivity index (χ1v) is 11.8. The summed E-state index contributed by atoms with van der Waals surface area (Å²) in [5.74, 6) is 0.861. The van der Waals surface area contributed by atoms with Gasteiger partial charge in [0.25, 0.3) is 0 Å². The second kappa shape index (κ2) is 14.1. The number of hydrogen-bond acceptors (Lipinski definition) is 4. The maximum Gasteiger partial charge on any atom is 0.191 e. The first kappa shape index (κ1) is 26.2. The van der Waals surface area contributed by atoms with Crippen molar-refractivity contribution in [3.63, 3.8) is 0 Å². The number of halogens is 1. The zero-order valence-corrected chi connectivity index (χ0v) is 22.1. The zero-order chi connectivity index (χ0) is 22.7. The highest BCUT2D eigenvalue weighted by Gasteiger charge is 2.22. The van der Waals surface area contributed by atoms with Gasteiger partial charge >= 0.3 is 0 Å². The van der Waals surface area contributed by atoms with Crippen LogP contribution in [0.2, 0.25) is 0 Å². The van der Waals surface area contributed by atoms with Crippen LogP contribution in [-0.2, 0) is 11.2 Å². The Morgan fingerprint density at radius 1 is 1.03 bits per heavy atom. The molecule has 7 nitrogen and oxygen atoms in total. The molecule has 1 aliphatic heterocycles. The SMILES string of the molecule is CCNC(=NCC(c1ccccc1)N1CCOCC1)NCCc1ccc(-n2cccn2)cc1.I. The van der Waals surface area contributed by atoms with Gasteiger partial charge in [-0.2, -0.15) is 5.10 Å². The number of aliphatic imine (C=N–C) groups is 1. The molecule has 182 valence electrons. The molecule has 2 aromatic carbocycles. The van der Waals surface area contributed by atoms with E-state index < -0.39 is 0 Å². The molecule has 1 aliphatic rings. The van der Waals surface area contributed by atoms with E-state index in [-0.39, 0.29) is 30.0 Å². The molecule has 4 rings (SSSR count). The van der Waals surface area contributed by atoms with Gasteiger partial charge in [-0.25, -0.2) is 4.68 Å². The lowest BCUT2D eigenvalue weighted by Crippen LogP contribution is -2.42. The van der Waals surface area contributed by atoms with E-state index in [4.69, 9.17) is 9.73 Å². The van der Waals surface area contributed by atoms with Gasteiger partial charge in [0.15, 0.2) is 5.96 Å². The van der Waals surface area contributed by atoms with Gasteiger partial charge < -0.3 is 15.4 Å².